The van der Waals surface area contributed by atoms with Gasteiger partial charge in [-0.25, -0.2) is 0 Å². The fourth-order valence-electron chi connectivity index (χ4n) is 4.71. The molecular formula is C31H57N11O10S2. The van der Waals surface area contributed by atoms with Crippen LogP contribution in [-0.4, -0.2) is 125 Å². The number of amides is 9. The van der Waals surface area contributed by atoms with Gasteiger partial charge < -0.3 is 65.7 Å². The summed E-state index contributed by atoms with van der Waals surface area (Å²) >= 11 is 7.93. The maximum atomic E-state index is 13.7. The molecule has 0 aromatic heterocycles. The highest BCUT2D eigenvalue weighted by atomic mass is 32.1. The molecule has 0 rings (SSSR count). The molecule has 21 nitrogen and oxygen atoms in total. The van der Waals surface area contributed by atoms with Crippen LogP contribution in [0.1, 0.15) is 65.7 Å². The minimum absolute atomic E-state index is 0.0259. The second-order valence-electron chi connectivity index (χ2n) is 12.7. The van der Waals surface area contributed by atoms with Gasteiger partial charge in [0, 0.05) is 17.9 Å². The van der Waals surface area contributed by atoms with E-state index in [4.69, 9.17) is 28.7 Å². The Morgan fingerprint density at radius 1 is 0.611 bits per heavy atom. The van der Waals surface area contributed by atoms with Gasteiger partial charge in [0.1, 0.15) is 36.3 Å². The molecule has 0 spiro atoms. The van der Waals surface area contributed by atoms with Crippen LogP contribution < -0.4 is 60.6 Å². The summed E-state index contributed by atoms with van der Waals surface area (Å²) in [7, 11) is 0. The zero-order valence-electron chi connectivity index (χ0n) is 30.7. The standard InChI is InChI=1S/C31H57N11O10S2/c1-4-14(2)23(41-26(47)16(33)12-53)30(51)39-19(11-22(35)45)29(50)38-18(8-9-21(34)44)27(48)37-17(7-5-6-10-32)28(49)42-24(15(3)43)31(52)40-20(13-54)25(36)46/h14-20,23-24,43,53-54H,4-13,32-33H2,1-3H3,(H2,34,44)(H2,35,45)(H2,36,46)(H,37,48)(H,38,50)(H,39,51)(H,40,52)(H,41,47)(H,42,49). The minimum atomic E-state index is -1.67. The zero-order chi connectivity index (χ0) is 41.7. The third-order valence-electron chi connectivity index (χ3n) is 8.16. The molecular weight excluding hydrogens is 751 g/mol. The Morgan fingerprint density at radius 2 is 1.09 bits per heavy atom. The van der Waals surface area contributed by atoms with Crippen molar-refractivity contribution in [2.75, 3.05) is 18.1 Å². The fraction of sp³-hybridized carbons (Fsp3) is 0.710. The van der Waals surface area contributed by atoms with Crippen LogP contribution in [-0.2, 0) is 43.2 Å². The Balaban J connectivity index is 6.40. The highest BCUT2D eigenvalue weighted by Crippen LogP contribution is 2.11. The van der Waals surface area contributed by atoms with E-state index in [1.54, 1.807) is 13.8 Å². The van der Waals surface area contributed by atoms with Gasteiger partial charge in [0.05, 0.1) is 18.6 Å². The monoisotopic (exact) mass is 807 g/mol. The van der Waals surface area contributed by atoms with Gasteiger partial charge in [-0.3, -0.25) is 43.2 Å². The highest BCUT2D eigenvalue weighted by Gasteiger charge is 2.35. The first-order valence-electron chi connectivity index (χ1n) is 17.3. The Labute approximate surface area is 324 Å². The van der Waals surface area contributed by atoms with Crippen LogP contribution in [0.5, 0.6) is 0 Å². The van der Waals surface area contributed by atoms with E-state index < -0.39 is 127 Å². The van der Waals surface area contributed by atoms with Gasteiger partial charge in [0.15, 0.2) is 0 Å². The van der Waals surface area contributed by atoms with Gasteiger partial charge in [0.25, 0.3) is 0 Å². The lowest BCUT2D eigenvalue weighted by atomic mass is 9.97. The molecule has 0 radical (unpaired) electrons. The number of primary amides is 3. The molecule has 17 N–H and O–H groups in total. The van der Waals surface area contributed by atoms with Gasteiger partial charge in [0.2, 0.25) is 53.2 Å². The Bertz CT molecular complexity index is 1330. The summed E-state index contributed by atoms with van der Waals surface area (Å²) in [5, 5.41) is 24.6. The van der Waals surface area contributed by atoms with Gasteiger partial charge in [-0.1, -0.05) is 20.3 Å². The number of unbranched alkanes of at least 4 members (excludes halogenated alkanes) is 1. The van der Waals surface area contributed by atoms with Crippen LogP contribution in [0.3, 0.4) is 0 Å². The van der Waals surface area contributed by atoms with Gasteiger partial charge >= 0.3 is 0 Å². The van der Waals surface area contributed by atoms with Gasteiger partial charge in [-0.2, -0.15) is 25.3 Å². The maximum absolute atomic E-state index is 13.7. The van der Waals surface area contributed by atoms with Gasteiger partial charge in [-0.15, -0.1) is 0 Å². The number of hydrogen-bond donors (Lipinski definition) is 14. The normalized spacial score (nSPS) is 16.0. The molecule has 0 saturated heterocycles. The number of nitrogens with one attached hydrogen (secondary N) is 6. The first kappa shape index (κ1) is 49.8. The quantitative estimate of drug-likeness (QED) is 0.0273. The Morgan fingerprint density at radius 3 is 1.56 bits per heavy atom. The number of carbonyl (C=O) groups is 9. The third-order valence-corrected chi connectivity index (χ3v) is 8.92. The predicted molar refractivity (Wildman–Crippen MR) is 203 cm³/mol. The summed E-state index contributed by atoms with van der Waals surface area (Å²) in [5.74, 6) is -9.03. The van der Waals surface area contributed by atoms with E-state index in [-0.39, 0.29) is 24.5 Å². The van der Waals surface area contributed by atoms with Crippen LogP contribution in [0.2, 0.25) is 0 Å². The van der Waals surface area contributed by atoms with E-state index >= 15 is 0 Å². The second kappa shape index (κ2) is 25.8. The van der Waals surface area contributed by atoms with Crippen molar-refractivity contribution in [1.82, 2.24) is 31.9 Å². The van der Waals surface area contributed by atoms with Gasteiger partial charge in [-0.05, 0) is 45.1 Å². The number of aliphatic hydroxyl groups excluding tert-OH is 1. The summed E-state index contributed by atoms with van der Waals surface area (Å²) in [5.41, 5.74) is 27.2. The number of aliphatic hydroxyl groups is 1. The molecule has 0 aliphatic rings. The first-order valence-corrected chi connectivity index (χ1v) is 18.5. The topological polar surface area (TPSA) is 376 Å². The molecule has 0 heterocycles. The molecule has 9 atom stereocenters. The molecule has 54 heavy (non-hydrogen) atoms. The first-order chi connectivity index (χ1) is 25.2. The summed E-state index contributed by atoms with van der Waals surface area (Å²) in [4.78, 5) is 115. The number of rotatable bonds is 27. The van der Waals surface area contributed by atoms with Crippen molar-refractivity contribution in [3.8, 4) is 0 Å². The molecule has 308 valence electrons. The van der Waals surface area contributed by atoms with E-state index in [1.165, 1.54) is 6.92 Å². The van der Waals surface area contributed by atoms with Crippen molar-refractivity contribution in [3.05, 3.63) is 0 Å². The predicted octanol–water partition coefficient (Wildman–Crippen LogP) is -5.74. The summed E-state index contributed by atoms with van der Waals surface area (Å²) in [6, 6.07) is -9.75. The number of nitrogens with two attached hydrogens (primary N) is 5. The summed E-state index contributed by atoms with van der Waals surface area (Å²) < 4.78 is 0. The molecule has 0 fully saturated rings. The van der Waals surface area contributed by atoms with Crippen molar-refractivity contribution in [3.63, 3.8) is 0 Å². The lowest BCUT2D eigenvalue weighted by Gasteiger charge is -2.29. The number of hydrogen-bond acceptors (Lipinski definition) is 14. The number of thiol groups is 2. The van der Waals surface area contributed by atoms with Crippen molar-refractivity contribution in [1.29, 1.82) is 0 Å². The minimum Gasteiger partial charge on any atom is -0.391 e. The van der Waals surface area contributed by atoms with Crippen LogP contribution in [0.15, 0.2) is 0 Å². The average Bonchev–Trinajstić information content (AvgIpc) is 3.10. The van der Waals surface area contributed by atoms with E-state index in [2.05, 4.69) is 57.2 Å². The van der Waals surface area contributed by atoms with E-state index in [9.17, 15) is 48.3 Å². The van der Waals surface area contributed by atoms with E-state index in [1.807, 2.05) is 0 Å². The Hall–Kier alpha value is -4.19. The average molecular weight is 808 g/mol. The fourth-order valence-corrected chi connectivity index (χ4v) is 5.14. The van der Waals surface area contributed by atoms with E-state index in [0.29, 0.717) is 19.3 Å². The highest BCUT2D eigenvalue weighted by molar-refractivity contribution is 7.80. The molecule has 9 unspecified atom stereocenters. The third kappa shape index (κ3) is 18.2. The largest absolute Gasteiger partial charge is 0.391 e. The van der Waals surface area contributed by atoms with Crippen LogP contribution in [0, 0.1) is 5.92 Å². The molecule has 0 aromatic rings. The van der Waals surface area contributed by atoms with Crippen LogP contribution >= 0.6 is 25.3 Å². The van der Waals surface area contributed by atoms with E-state index in [0.717, 1.165) is 0 Å². The molecule has 0 aliphatic carbocycles. The van der Waals surface area contributed by atoms with Crippen molar-refractivity contribution >= 4 is 78.4 Å². The van der Waals surface area contributed by atoms with Crippen LogP contribution in [0.25, 0.3) is 0 Å². The second-order valence-corrected chi connectivity index (χ2v) is 13.4. The molecule has 23 heteroatoms. The molecule has 9 amide bonds. The van der Waals surface area contributed by atoms with Crippen LogP contribution in [0.4, 0.5) is 0 Å². The molecule has 0 aromatic carbocycles. The summed E-state index contributed by atoms with van der Waals surface area (Å²) in [6.45, 7) is 4.82. The summed E-state index contributed by atoms with van der Waals surface area (Å²) in [6.07, 6.45) is -1.99. The van der Waals surface area contributed by atoms with Crippen molar-refractivity contribution in [2.45, 2.75) is 114 Å². The smallest absolute Gasteiger partial charge is 0.245 e. The molecule has 0 aliphatic heterocycles. The SMILES string of the molecule is CCC(C)C(NC(=O)C(N)CS)C(=O)NC(CC(N)=O)C(=O)NC(CCC(N)=O)C(=O)NC(CCCCN)C(=O)NC(C(=O)NC(CS)C(N)=O)C(C)O. The molecule has 0 saturated carbocycles. The number of carbonyl (C=O) groups excluding carboxylic acids is 9. The molecule has 0 bridgehead atoms. The lowest BCUT2D eigenvalue weighted by Crippen LogP contribution is -2.61. The van der Waals surface area contributed by atoms with Crippen molar-refractivity contribution in [2.24, 2.45) is 34.6 Å². The zero-order valence-corrected chi connectivity index (χ0v) is 32.5. The maximum Gasteiger partial charge on any atom is 0.245 e. The van der Waals surface area contributed by atoms with Crippen molar-refractivity contribution < 1.29 is 48.3 Å². The lowest BCUT2D eigenvalue weighted by molar-refractivity contribution is -0.137. The Kier molecular flexibility index (Phi) is 23.8.